The van der Waals surface area contributed by atoms with E-state index in [-0.39, 0.29) is 12.0 Å². The number of fused-ring (bicyclic) bond motifs is 1. The SMILES string of the molecule is COC[C@H](C)Oc1cc(Oc2ccc(C(=O)N(C)C)cc2Cl)cc(-c2nc3ncccc3[nH]2)c1. The molecule has 0 bridgehead atoms. The molecule has 1 amide bonds. The zero-order valence-corrected chi connectivity index (χ0v) is 20.1. The van der Waals surface area contributed by atoms with Crippen LogP contribution in [0, 0.1) is 0 Å². The Kier molecular flexibility index (Phi) is 7.00. The average Bonchev–Trinajstić information content (AvgIpc) is 3.24. The fraction of sp³-hybridized carbons (Fsp3) is 0.240. The molecule has 4 rings (SSSR count). The lowest BCUT2D eigenvalue weighted by atomic mass is 10.1. The van der Waals surface area contributed by atoms with Crippen molar-refractivity contribution in [2.45, 2.75) is 13.0 Å². The zero-order chi connectivity index (χ0) is 24.2. The fourth-order valence-corrected chi connectivity index (χ4v) is 3.64. The Morgan fingerprint density at radius 1 is 1.15 bits per heavy atom. The molecule has 2 heterocycles. The van der Waals surface area contributed by atoms with Crippen LogP contribution < -0.4 is 9.47 Å². The maximum atomic E-state index is 12.2. The van der Waals surface area contributed by atoms with Crippen molar-refractivity contribution in [1.82, 2.24) is 19.9 Å². The van der Waals surface area contributed by atoms with Crippen LogP contribution in [0.5, 0.6) is 17.2 Å². The van der Waals surface area contributed by atoms with E-state index in [0.29, 0.717) is 45.9 Å². The van der Waals surface area contributed by atoms with E-state index in [9.17, 15) is 4.79 Å². The lowest BCUT2D eigenvalue weighted by molar-refractivity contribution is 0.0827. The van der Waals surface area contributed by atoms with Crippen molar-refractivity contribution in [1.29, 1.82) is 0 Å². The van der Waals surface area contributed by atoms with Gasteiger partial charge in [0, 0.05) is 44.6 Å². The molecule has 0 saturated carbocycles. The average molecular weight is 481 g/mol. The molecular weight excluding hydrogens is 456 g/mol. The summed E-state index contributed by atoms with van der Waals surface area (Å²) in [6, 6.07) is 14.2. The highest BCUT2D eigenvalue weighted by atomic mass is 35.5. The number of H-pyrrole nitrogens is 1. The molecule has 1 atom stereocenters. The molecule has 0 aliphatic rings. The minimum absolute atomic E-state index is 0.142. The Hall–Kier alpha value is -3.62. The second-order valence-electron chi connectivity index (χ2n) is 7.98. The van der Waals surface area contributed by atoms with Crippen LogP contribution in [-0.4, -0.2) is 59.7 Å². The lowest BCUT2D eigenvalue weighted by Gasteiger charge is -2.16. The summed E-state index contributed by atoms with van der Waals surface area (Å²) in [7, 11) is 5.00. The number of carbonyl (C=O) groups is 1. The van der Waals surface area contributed by atoms with E-state index in [1.54, 1.807) is 51.7 Å². The number of halogens is 1. The van der Waals surface area contributed by atoms with Gasteiger partial charge in [0.05, 0.1) is 17.1 Å². The highest BCUT2D eigenvalue weighted by molar-refractivity contribution is 6.32. The number of nitrogens with one attached hydrogen (secondary N) is 1. The van der Waals surface area contributed by atoms with E-state index >= 15 is 0 Å². The van der Waals surface area contributed by atoms with Gasteiger partial charge >= 0.3 is 0 Å². The van der Waals surface area contributed by atoms with Crippen LogP contribution in [0.4, 0.5) is 0 Å². The van der Waals surface area contributed by atoms with Crippen molar-refractivity contribution in [3.8, 4) is 28.6 Å². The predicted molar refractivity (Wildman–Crippen MR) is 131 cm³/mol. The molecule has 8 nitrogen and oxygen atoms in total. The second-order valence-corrected chi connectivity index (χ2v) is 8.39. The van der Waals surface area contributed by atoms with Gasteiger partial charge < -0.3 is 24.1 Å². The Labute approximate surface area is 202 Å². The molecule has 1 N–H and O–H groups in total. The number of nitrogens with zero attached hydrogens (tertiary/aromatic N) is 3. The number of imidazole rings is 1. The van der Waals surface area contributed by atoms with Gasteiger partial charge in [0.25, 0.3) is 5.91 Å². The van der Waals surface area contributed by atoms with Crippen LogP contribution in [0.1, 0.15) is 17.3 Å². The minimum atomic E-state index is -0.176. The Morgan fingerprint density at radius 2 is 1.94 bits per heavy atom. The number of carbonyl (C=O) groups excluding carboxylic acids is 1. The number of hydrogen-bond acceptors (Lipinski definition) is 6. The summed E-state index contributed by atoms with van der Waals surface area (Å²) in [5.41, 5.74) is 2.67. The first-order chi connectivity index (χ1) is 16.3. The largest absolute Gasteiger partial charge is 0.488 e. The molecule has 0 saturated heterocycles. The van der Waals surface area contributed by atoms with Crippen LogP contribution in [0.2, 0.25) is 5.02 Å². The van der Waals surface area contributed by atoms with Crippen molar-refractivity contribution < 1.29 is 19.0 Å². The van der Waals surface area contributed by atoms with Gasteiger partial charge in [-0.1, -0.05) is 11.6 Å². The summed E-state index contributed by atoms with van der Waals surface area (Å²) in [5, 5.41) is 0.321. The molecule has 0 aliphatic carbocycles. The molecule has 34 heavy (non-hydrogen) atoms. The molecular formula is C25H25ClN4O4. The van der Waals surface area contributed by atoms with Crippen molar-refractivity contribution in [2.75, 3.05) is 27.8 Å². The van der Waals surface area contributed by atoms with Gasteiger partial charge in [-0.3, -0.25) is 4.79 Å². The van der Waals surface area contributed by atoms with E-state index in [1.807, 2.05) is 31.2 Å². The van der Waals surface area contributed by atoms with Gasteiger partial charge in [0.2, 0.25) is 0 Å². The first-order valence-corrected chi connectivity index (χ1v) is 11.0. The number of methoxy groups -OCH3 is 1. The molecule has 9 heteroatoms. The van der Waals surface area contributed by atoms with Crippen LogP contribution in [0.3, 0.4) is 0 Å². The molecule has 0 fully saturated rings. The summed E-state index contributed by atoms with van der Waals surface area (Å²) in [6.45, 7) is 2.35. The monoisotopic (exact) mass is 480 g/mol. The number of rotatable bonds is 8. The van der Waals surface area contributed by atoms with Gasteiger partial charge in [-0.15, -0.1) is 0 Å². The topological polar surface area (TPSA) is 89.6 Å². The minimum Gasteiger partial charge on any atom is -0.488 e. The highest BCUT2D eigenvalue weighted by Crippen LogP contribution is 2.35. The molecule has 0 radical (unpaired) electrons. The van der Waals surface area contributed by atoms with E-state index < -0.39 is 0 Å². The number of amides is 1. The molecule has 0 unspecified atom stereocenters. The van der Waals surface area contributed by atoms with Crippen molar-refractivity contribution >= 4 is 28.7 Å². The quantitative estimate of drug-likeness (QED) is 0.373. The first kappa shape index (κ1) is 23.5. The van der Waals surface area contributed by atoms with Crippen molar-refractivity contribution in [3.63, 3.8) is 0 Å². The zero-order valence-electron chi connectivity index (χ0n) is 19.3. The molecule has 0 spiro atoms. The number of hydrogen-bond donors (Lipinski definition) is 1. The maximum Gasteiger partial charge on any atom is 0.253 e. The first-order valence-electron chi connectivity index (χ1n) is 10.6. The summed E-state index contributed by atoms with van der Waals surface area (Å²) in [5.74, 6) is 1.98. The van der Waals surface area contributed by atoms with Crippen LogP contribution in [0.15, 0.2) is 54.7 Å². The van der Waals surface area contributed by atoms with Crippen LogP contribution >= 0.6 is 11.6 Å². The normalized spacial score (nSPS) is 11.9. The number of aromatic amines is 1. The van der Waals surface area contributed by atoms with Gasteiger partial charge in [0.15, 0.2) is 5.65 Å². The maximum absolute atomic E-state index is 12.2. The van der Waals surface area contributed by atoms with E-state index in [4.69, 9.17) is 25.8 Å². The number of benzene rings is 2. The Balaban J connectivity index is 1.69. The lowest BCUT2D eigenvalue weighted by Crippen LogP contribution is -2.21. The predicted octanol–water partition coefficient (Wildman–Crippen LogP) is 5.19. The molecule has 0 aliphatic heterocycles. The standard InChI is InChI=1S/C25H25ClN4O4/c1-15(14-32-4)33-18-10-17(23-28-21-6-5-9-27-24(21)29-23)11-19(13-18)34-22-8-7-16(12-20(22)26)25(31)30(2)3/h5-13,15H,14H2,1-4H3,(H,27,28,29)/t15-/m0/s1. The van der Waals surface area contributed by atoms with Crippen molar-refractivity contribution in [2.24, 2.45) is 0 Å². The molecule has 2 aromatic carbocycles. The Morgan fingerprint density at radius 3 is 2.65 bits per heavy atom. The van der Waals surface area contributed by atoms with E-state index in [0.717, 1.165) is 11.1 Å². The summed E-state index contributed by atoms with van der Waals surface area (Å²) in [4.78, 5) is 25.9. The molecule has 2 aromatic heterocycles. The van der Waals surface area contributed by atoms with Gasteiger partial charge in [-0.2, -0.15) is 0 Å². The van der Waals surface area contributed by atoms with Gasteiger partial charge in [0.1, 0.15) is 29.2 Å². The molecule has 176 valence electrons. The van der Waals surface area contributed by atoms with Gasteiger partial charge in [-0.25, -0.2) is 9.97 Å². The third kappa shape index (κ3) is 5.30. The smallest absolute Gasteiger partial charge is 0.253 e. The van der Waals surface area contributed by atoms with Crippen LogP contribution in [-0.2, 0) is 4.74 Å². The van der Waals surface area contributed by atoms with E-state index in [2.05, 4.69) is 15.0 Å². The molecule has 4 aromatic rings. The summed E-state index contributed by atoms with van der Waals surface area (Å²) in [6.07, 6.45) is 1.52. The number of aromatic nitrogens is 3. The van der Waals surface area contributed by atoms with Crippen molar-refractivity contribution in [3.05, 3.63) is 65.3 Å². The highest BCUT2D eigenvalue weighted by Gasteiger charge is 2.15. The Bertz CT molecular complexity index is 1290. The number of ether oxygens (including phenoxy) is 3. The summed E-state index contributed by atoms with van der Waals surface area (Å²) < 4.78 is 17.3. The fourth-order valence-electron chi connectivity index (χ4n) is 3.42. The van der Waals surface area contributed by atoms with Gasteiger partial charge in [-0.05, 0) is 49.4 Å². The third-order valence-electron chi connectivity index (χ3n) is 4.96. The second kappa shape index (κ2) is 10.1. The number of pyridine rings is 1. The third-order valence-corrected chi connectivity index (χ3v) is 5.26. The van der Waals surface area contributed by atoms with Crippen LogP contribution in [0.25, 0.3) is 22.6 Å². The van der Waals surface area contributed by atoms with E-state index in [1.165, 1.54) is 4.90 Å². The summed E-state index contributed by atoms with van der Waals surface area (Å²) >= 11 is 6.43.